The first-order chi connectivity index (χ1) is 11.8. The van der Waals surface area contributed by atoms with Crippen molar-refractivity contribution in [3.8, 4) is 11.4 Å². The van der Waals surface area contributed by atoms with Gasteiger partial charge in [-0.3, -0.25) is 4.79 Å². The van der Waals surface area contributed by atoms with Crippen LogP contribution in [0.1, 0.15) is 12.8 Å². The summed E-state index contributed by atoms with van der Waals surface area (Å²) in [7, 11) is 0. The number of anilines is 1. The van der Waals surface area contributed by atoms with E-state index in [9.17, 15) is 4.79 Å². The molecule has 0 saturated heterocycles. The minimum absolute atomic E-state index is 0.0551. The van der Waals surface area contributed by atoms with E-state index in [-0.39, 0.29) is 5.91 Å². The van der Waals surface area contributed by atoms with E-state index in [0.29, 0.717) is 25.1 Å². The van der Waals surface area contributed by atoms with Gasteiger partial charge in [-0.2, -0.15) is 0 Å². The summed E-state index contributed by atoms with van der Waals surface area (Å²) in [5.41, 5.74) is 1.49. The van der Waals surface area contributed by atoms with E-state index < -0.39 is 0 Å². The maximum atomic E-state index is 12.0. The molecule has 0 aliphatic rings. The SMILES string of the molecule is O=C(CCCOc1ccccc1)Nc1cccc(-n2cnnn2)c1. The Kier molecular flexibility index (Phi) is 5.14. The van der Waals surface area contributed by atoms with Crippen LogP contribution < -0.4 is 10.1 Å². The summed E-state index contributed by atoms with van der Waals surface area (Å²) >= 11 is 0. The number of amides is 1. The Labute approximate surface area is 139 Å². The summed E-state index contributed by atoms with van der Waals surface area (Å²) in [5.74, 6) is 0.757. The molecule has 0 aliphatic heterocycles. The second kappa shape index (κ2) is 7.87. The molecule has 1 heterocycles. The lowest BCUT2D eigenvalue weighted by Crippen LogP contribution is -2.13. The van der Waals surface area contributed by atoms with Gasteiger partial charge in [-0.05, 0) is 47.2 Å². The molecule has 0 saturated carbocycles. The molecular formula is C17H17N5O2. The lowest BCUT2D eigenvalue weighted by Gasteiger charge is -2.08. The maximum absolute atomic E-state index is 12.0. The quantitative estimate of drug-likeness (QED) is 0.675. The molecule has 0 spiro atoms. The van der Waals surface area contributed by atoms with E-state index in [4.69, 9.17) is 4.74 Å². The Morgan fingerprint density at radius 1 is 1.12 bits per heavy atom. The molecule has 0 fully saturated rings. The second-order valence-electron chi connectivity index (χ2n) is 5.12. The van der Waals surface area contributed by atoms with Crippen LogP contribution in [-0.2, 0) is 4.79 Å². The third-order valence-corrected chi connectivity index (χ3v) is 3.30. The van der Waals surface area contributed by atoms with Gasteiger partial charge >= 0.3 is 0 Å². The number of nitrogens with one attached hydrogen (secondary N) is 1. The fraction of sp³-hybridized carbons (Fsp3) is 0.176. The number of benzene rings is 2. The van der Waals surface area contributed by atoms with Gasteiger partial charge in [0.05, 0.1) is 12.3 Å². The highest BCUT2D eigenvalue weighted by Gasteiger charge is 2.05. The highest BCUT2D eigenvalue weighted by Crippen LogP contribution is 2.14. The van der Waals surface area contributed by atoms with E-state index in [2.05, 4.69) is 20.8 Å². The number of aromatic nitrogens is 4. The third-order valence-electron chi connectivity index (χ3n) is 3.30. The molecule has 0 radical (unpaired) electrons. The first-order valence-electron chi connectivity index (χ1n) is 7.62. The number of para-hydroxylation sites is 1. The lowest BCUT2D eigenvalue weighted by molar-refractivity contribution is -0.116. The van der Waals surface area contributed by atoms with Crippen molar-refractivity contribution in [1.82, 2.24) is 20.2 Å². The average molecular weight is 323 g/mol. The van der Waals surface area contributed by atoms with Crippen LogP contribution in [0.5, 0.6) is 5.75 Å². The van der Waals surface area contributed by atoms with Gasteiger partial charge in [-0.25, -0.2) is 4.68 Å². The molecule has 1 amide bonds. The van der Waals surface area contributed by atoms with Gasteiger partial charge in [0.15, 0.2) is 0 Å². The number of rotatable bonds is 7. The predicted octanol–water partition coefficient (Wildman–Crippen LogP) is 2.46. The second-order valence-corrected chi connectivity index (χ2v) is 5.12. The molecule has 3 rings (SSSR count). The molecule has 0 unspecified atom stereocenters. The molecule has 0 bridgehead atoms. The van der Waals surface area contributed by atoms with Crippen molar-refractivity contribution in [2.45, 2.75) is 12.8 Å². The molecule has 122 valence electrons. The number of hydrogen-bond donors (Lipinski definition) is 1. The molecule has 24 heavy (non-hydrogen) atoms. The molecule has 7 nitrogen and oxygen atoms in total. The average Bonchev–Trinajstić information content (AvgIpc) is 3.15. The lowest BCUT2D eigenvalue weighted by atomic mass is 10.2. The van der Waals surface area contributed by atoms with Gasteiger partial charge in [0.2, 0.25) is 5.91 Å². The minimum atomic E-state index is -0.0551. The van der Waals surface area contributed by atoms with Crippen LogP contribution in [-0.4, -0.2) is 32.7 Å². The Hall–Kier alpha value is -3.22. The Morgan fingerprint density at radius 3 is 2.79 bits per heavy atom. The molecule has 1 N–H and O–H groups in total. The van der Waals surface area contributed by atoms with Gasteiger partial charge in [0, 0.05) is 12.1 Å². The first-order valence-corrected chi connectivity index (χ1v) is 7.62. The number of hydrogen-bond acceptors (Lipinski definition) is 5. The summed E-state index contributed by atoms with van der Waals surface area (Å²) in [6, 6.07) is 16.9. The smallest absolute Gasteiger partial charge is 0.224 e. The minimum Gasteiger partial charge on any atom is -0.494 e. The first kappa shape index (κ1) is 15.7. The summed E-state index contributed by atoms with van der Waals surface area (Å²) in [6.45, 7) is 0.502. The summed E-state index contributed by atoms with van der Waals surface area (Å²) in [6.07, 6.45) is 2.54. The van der Waals surface area contributed by atoms with Gasteiger partial charge < -0.3 is 10.1 Å². The topological polar surface area (TPSA) is 81.9 Å². The monoisotopic (exact) mass is 323 g/mol. The van der Waals surface area contributed by atoms with Crippen LogP contribution in [0.15, 0.2) is 60.9 Å². The van der Waals surface area contributed by atoms with Crippen molar-refractivity contribution in [2.24, 2.45) is 0 Å². The van der Waals surface area contributed by atoms with E-state index in [1.807, 2.05) is 54.6 Å². The number of carbonyl (C=O) groups excluding carboxylic acids is 1. The molecular weight excluding hydrogens is 306 g/mol. The Morgan fingerprint density at radius 2 is 2.00 bits per heavy atom. The molecule has 1 aromatic heterocycles. The van der Waals surface area contributed by atoms with Crippen molar-refractivity contribution in [1.29, 1.82) is 0 Å². The van der Waals surface area contributed by atoms with Crippen molar-refractivity contribution in [3.05, 3.63) is 60.9 Å². The van der Waals surface area contributed by atoms with Crippen molar-refractivity contribution < 1.29 is 9.53 Å². The molecule has 0 aliphatic carbocycles. The van der Waals surface area contributed by atoms with Crippen molar-refractivity contribution in [2.75, 3.05) is 11.9 Å². The van der Waals surface area contributed by atoms with Gasteiger partial charge in [0.1, 0.15) is 12.1 Å². The molecule has 7 heteroatoms. The van der Waals surface area contributed by atoms with Crippen molar-refractivity contribution in [3.63, 3.8) is 0 Å². The number of nitrogens with zero attached hydrogens (tertiary/aromatic N) is 4. The maximum Gasteiger partial charge on any atom is 0.224 e. The van der Waals surface area contributed by atoms with Crippen LogP contribution in [0.4, 0.5) is 5.69 Å². The predicted molar refractivity (Wildman–Crippen MR) is 89.0 cm³/mol. The van der Waals surface area contributed by atoms with E-state index in [0.717, 1.165) is 11.4 Å². The van der Waals surface area contributed by atoms with Crippen LogP contribution in [0.3, 0.4) is 0 Å². The highest BCUT2D eigenvalue weighted by atomic mass is 16.5. The zero-order valence-corrected chi connectivity index (χ0v) is 13.0. The van der Waals surface area contributed by atoms with Gasteiger partial charge in [-0.15, -0.1) is 5.10 Å². The van der Waals surface area contributed by atoms with Crippen LogP contribution in [0, 0.1) is 0 Å². The Balaban J connectivity index is 1.46. The fourth-order valence-electron chi connectivity index (χ4n) is 2.17. The summed E-state index contributed by atoms with van der Waals surface area (Å²) < 4.78 is 7.10. The van der Waals surface area contributed by atoms with Gasteiger partial charge in [0.25, 0.3) is 0 Å². The van der Waals surface area contributed by atoms with Gasteiger partial charge in [-0.1, -0.05) is 24.3 Å². The summed E-state index contributed by atoms with van der Waals surface area (Å²) in [4.78, 5) is 12.0. The molecule has 2 aromatic carbocycles. The van der Waals surface area contributed by atoms with E-state index in [1.54, 1.807) is 0 Å². The van der Waals surface area contributed by atoms with Crippen LogP contribution in [0.2, 0.25) is 0 Å². The zero-order chi connectivity index (χ0) is 16.6. The fourth-order valence-corrected chi connectivity index (χ4v) is 2.17. The number of ether oxygens (including phenoxy) is 1. The van der Waals surface area contributed by atoms with Crippen molar-refractivity contribution >= 4 is 11.6 Å². The third kappa shape index (κ3) is 4.39. The Bertz CT molecular complexity index is 775. The molecule has 3 aromatic rings. The zero-order valence-electron chi connectivity index (χ0n) is 13.0. The van der Waals surface area contributed by atoms with E-state index in [1.165, 1.54) is 11.0 Å². The normalized spacial score (nSPS) is 10.3. The molecule has 0 atom stereocenters. The highest BCUT2D eigenvalue weighted by molar-refractivity contribution is 5.90. The van der Waals surface area contributed by atoms with Crippen LogP contribution >= 0.6 is 0 Å². The number of carbonyl (C=O) groups is 1. The number of tetrazole rings is 1. The summed E-state index contributed by atoms with van der Waals surface area (Å²) in [5, 5.41) is 13.9. The largest absolute Gasteiger partial charge is 0.494 e. The standard InChI is InChI=1S/C17H17N5O2/c23-17(10-5-11-24-16-8-2-1-3-9-16)19-14-6-4-7-15(12-14)22-13-18-20-21-22/h1-4,6-9,12-13H,5,10-11H2,(H,19,23). The van der Waals surface area contributed by atoms with Crippen LogP contribution in [0.25, 0.3) is 5.69 Å². The van der Waals surface area contributed by atoms with E-state index >= 15 is 0 Å².